The predicted octanol–water partition coefficient (Wildman–Crippen LogP) is 1.37. The molecule has 1 amide bonds. The van der Waals surface area contributed by atoms with Crippen LogP contribution in [0.3, 0.4) is 0 Å². The van der Waals surface area contributed by atoms with E-state index in [1.807, 2.05) is 0 Å². The molecule has 0 aromatic rings. The van der Waals surface area contributed by atoms with Crippen LogP contribution in [0.25, 0.3) is 0 Å². The van der Waals surface area contributed by atoms with Gasteiger partial charge in [0.2, 0.25) is 5.91 Å². The average molecular weight is 267 g/mol. The minimum atomic E-state index is -0.0149. The molecule has 0 radical (unpaired) electrons. The molecule has 19 heavy (non-hydrogen) atoms. The van der Waals surface area contributed by atoms with Crippen LogP contribution in [0.1, 0.15) is 46.0 Å². The van der Waals surface area contributed by atoms with Crippen molar-refractivity contribution < 1.29 is 4.79 Å². The van der Waals surface area contributed by atoms with Gasteiger partial charge in [0.15, 0.2) is 0 Å². The molecule has 3 unspecified atom stereocenters. The van der Waals surface area contributed by atoms with Crippen LogP contribution in [0.15, 0.2) is 0 Å². The van der Waals surface area contributed by atoms with Gasteiger partial charge in [-0.1, -0.05) is 19.8 Å². The topological polar surface area (TPSA) is 44.4 Å². The van der Waals surface area contributed by atoms with Crippen LogP contribution < -0.4 is 10.6 Å². The lowest BCUT2D eigenvalue weighted by Gasteiger charge is -2.32. The van der Waals surface area contributed by atoms with Gasteiger partial charge < -0.3 is 15.5 Å². The quantitative estimate of drug-likeness (QED) is 0.811. The number of carbonyl (C=O) groups excluding carboxylic acids is 1. The third kappa shape index (κ3) is 4.18. The van der Waals surface area contributed by atoms with Crippen molar-refractivity contribution in [3.8, 4) is 0 Å². The predicted molar refractivity (Wildman–Crippen MR) is 78.1 cm³/mol. The summed E-state index contributed by atoms with van der Waals surface area (Å²) in [5.74, 6) is 1.14. The molecule has 0 aliphatic carbocycles. The Kier molecular flexibility index (Phi) is 5.64. The largest absolute Gasteiger partial charge is 0.341 e. The number of piperazine rings is 1. The maximum atomic E-state index is 12.5. The molecule has 0 bridgehead atoms. The number of carbonyl (C=O) groups is 1. The fourth-order valence-corrected chi connectivity index (χ4v) is 3.26. The van der Waals surface area contributed by atoms with Crippen molar-refractivity contribution in [2.24, 2.45) is 5.92 Å². The Morgan fingerprint density at radius 3 is 2.74 bits per heavy atom. The highest BCUT2D eigenvalue weighted by molar-refractivity contribution is 5.82. The number of nitrogens with zero attached hydrogens (tertiary/aromatic N) is 1. The van der Waals surface area contributed by atoms with E-state index in [2.05, 4.69) is 29.4 Å². The van der Waals surface area contributed by atoms with E-state index >= 15 is 0 Å². The molecule has 2 heterocycles. The van der Waals surface area contributed by atoms with Gasteiger partial charge in [-0.05, 0) is 32.1 Å². The SMILES string of the molecule is CCCC1CCCN(C(=O)C2CNC(C)CN2)CC1. The van der Waals surface area contributed by atoms with Crippen LogP contribution in [-0.2, 0) is 4.79 Å². The van der Waals surface area contributed by atoms with E-state index in [1.54, 1.807) is 0 Å². The summed E-state index contributed by atoms with van der Waals surface area (Å²) in [6, 6.07) is 0.459. The second-order valence-corrected chi connectivity index (χ2v) is 6.18. The lowest BCUT2D eigenvalue weighted by atomic mass is 9.96. The highest BCUT2D eigenvalue weighted by atomic mass is 16.2. The third-order valence-electron chi connectivity index (χ3n) is 4.50. The lowest BCUT2D eigenvalue weighted by Crippen LogP contribution is -2.59. The summed E-state index contributed by atoms with van der Waals surface area (Å²) in [4.78, 5) is 14.6. The second kappa shape index (κ2) is 7.25. The zero-order chi connectivity index (χ0) is 13.7. The first-order valence-corrected chi connectivity index (χ1v) is 7.96. The van der Waals surface area contributed by atoms with Gasteiger partial charge in [0.05, 0.1) is 6.04 Å². The monoisotopic (exact) mass is 267 g/mol. The maximum absolute atomic E-state index is 12.5. The molecule has 2 aliphatic rings. The van der Waals surface area contributed by atoms with E-state index in [1.165, 1.54) is 32.1 Å². The van der Waals surface area contributed by atoms with Crippen molar-refractivity contribution in [2.45, 2.75) is 58.0 Å². The molecule has 0 aromatic carbocycles. The minimum Gasteiger partial charge on any atom is -0.341 e. The van der Waals surface area contributed by atoms with E-state index in [9.17, 15) is 4.79 Å². The Hall–Kier alpha value is -0.610. The lowest BCUT2D eigenvalue weighted by molar-refractivity contribution is -0.133. The molecule has 110 valence electrons. The molecule has 2 saturated heterocycles. The Balaban J connectivity index is 1.82. The van der Waals surface area contributed by atoms with Crippen molar-refractivity contribution in [3.05, 3.63) is 0 Å². The van der Waals surface area contributed by atoms with Gasteiger partial charge in [-0.15, -0.1) is 0 Å². The van der Waals surface area contributed by atoms with E-state index in [0.29, 0.717) is 11.9 Å². The normalized spacial score (nSPS) is 32.9. The summed E-state index contributed by atoms with van der Waals surface area (Å²) in [6.07, 6.45) is 6.25. The van der Waals surface area contributed by atoms with Gasteiger partial charge in [-0.2, -0.15) is 0 Å². The molecule has 2 N–H and O–H groups in total. The van der Waals surface area contributed by atoms with Crippen molar-refractivity contribution in [2.75, 3.05) is 26.2 Å². The van der Waals surface area contributed by atoms with E-state index in [0.717, 1.165) is 32.1 Å². The Morgan fingerprint density at radius 1 is 1.21 bits per heavy atom. The smallest absolute Gasteiger partial charge is 0.241 e. The summed E-state index contributed by atoms with van der Waals surface area (Å²) >= 11 is 0. The Morgan fingerprint density at radius 2 is 2.05 bits per heavy atom. The molecule has 2 rings (SSSR count). The number of nitrogens with one attached hydrogen (secondary N) is 2. The summed E-state index contributed by atoms with van der Waals surface area (Å²) in [5, 5.41) is 6.76. The molecule has 3 atom stereocenters. The highest BCUT2D eigenvalue weighted by Gasteiger charge is 2.28. The Bertz CT molecular complexity index is 287. The van der Waals surface area contributed by atoms with Crippen LogP contribution in [-0.4, -0.2) is 49.1 Å². The van der Waals surface area contributed by atoms with E-state index in [-0.39, 0.29) is 6.04 Å². The van der Waals surface area contributed by atoms with Crippen LogP contribution in [0, 0.1) is 5.92 Å². The zero-order valence-corrected chi connectivity index (χ0v) is 12.5. The Labute approximate surface area is 117 Å². The first-order chi connectivity index (χ1) is 9.20. The van der Waals surface area contributed by atoms with E-state index < -0.39 is 0 Å². The van der Waals surface area contributed by atoms with E-state index in [4.69, 9.17) is 0 Å². The van der Waals surface area contributed by atoms with Gasteiger partial charge in [0.25, 0.3) is 0 Å². The number of likely N-dealkylation sites (tertiary alicyclic amines) is 1. The molecule has 4 heteroatoms. The summed E-state index contributed by atoms with van der Waals surface area (Å²) in [6.45, 7) is 7.98. The van der Waals surface area contributed by atoms with Crippen LogP contribution in [0.2, 0.25) is 0 Å². The minimum absolute atomic E-state index is 0.0149. The van der Waals surface area contributed by atoms with Crippen molar-refractivity contribution in [1.82, 2.24) is 15.5 Å². The molecule has 2 fully saturated rings. The molecule has 4 nitrogen and oxygen atoms in total. The highest BCUT2D eigenvalue weighted by Crippen LogP contribution is 2.22. The van der Waals surface area contributed by atoms with Gasteiger partial charge in [0, 0.05) is 32.2 Å². The first-order valence-electron chi connectivity index (χ1n) is 7.96. The molecule has 2 aliphatic heterocycles. The van der Waals surface area contributed by atoms with Crippen LogP contribution in [0.4, 0.5) is 0 Å². The van der Waals surface area contributed by atoms with Crippen molar-refractivity contribution in [3.63, 3.8) is 0 Å². The molecular weight excluding hydrogens is 238 g/mol. The van der Waals surface area contributed by atoms with Crippen LogP contribution >= 0.6 is 0 Å². The molecule has 0 saturated carbocycles. The molecule has 0 aromatic heterocycles. The maximum Gasteiger partial charge on any atom is 0.241 e. The molecule has 0 spiro atoms. The second-order valence-electron chi connectivity index (χ2n) is 6.18. The summed E-state index contributed by atoms with van der Waals surface area (Å²) < 4.78 is 0. The van der Waals surface area contributed by atoms with Crippen molar-refractivity contribution in [1.29, 1.82) is 0 Å². The zero-order valence-electron chi connectivity index (χ0n) is 12.5. The van der Waals surface area contributed by atoms with Gasteiger partial charge in [-0.3, -0.25) is 4.79 Å². The number of hydrogen-bond donors (Lipinski definition) is 2. The molecular formula is C15H29N3O. The summed E-state index contributed by atoms with van der Waals surface area (Å²) in [7, 11) is 0. The fourth-order valence-electron chi connectivity index (χ4n) is 3.26. The summed E-state index contributed by atoms with van der Waals surface area (Å²) in [5.41, 5.74) is 0. The van der Waals surface area contributed by atoms with Gasteiger partial charge in [0.1, 0.15) is 0 Å². The van der Waals surface area contributed by atoms with Crippen LogP contribution in [0.5, 0.6) is 0 Å². The first kappa shape index (κ1) is 14.8. The van der Waals surface area contributed by atoms with Gasteiger partial charge in [-0.25, -0.2) is 0 Å². The standard InChI is InChI=1S/C15H29N3O/c1-3-5-13-6-4-8-18(9-7-13)15(19)14-11-16-12(2)10-17-14/h12-14,16-17H,3-11H2,1-2H3. The average Bonchev–Trinajstić information content (AvgIpc) is 2.65. The fraction of sp³-hybridized carbons (Fsp3) is 0.933. The van der Waals surface area contributed by atoms with Gasteiger partial charge >= 0.3 is 0 Å². The third-order valence-corrected chi connectivity index (χ3v) is 4.50. The number of rotatable bonds is 3. The van der Waals surface area contributed by atoms with Crippen molar-refractivity contribution >= 4 is 5.91 Å². The number of amides is 1. The number of hydrogen-bond acceptors (Lipinski definition) is 3.